The average Bonchev–Trinajstić information content (AvgIpc) is 3.22. The number of carbonyl (C=O) groups excluding carboxylic acids is 2. The van der Waals surface area contributed by atoms with Crippen molar-refractivity contribution in [1.29, 1.82) is 0 Å². The molecule has 0 spiro atoms. The maximum atomic E-state index is 13.9. The third-order valence-corrected chi connectivity index (χ3v) is 7.88. The minimum absolute atomic E-state index is 0.0226. The molecule has 0 unspecified atom stereocenters. The number of thiophene rings is 1. The lowest BCUT2D eigenvalue weighted by Gasteiger charge is -2.37. The maximum absolute atomic E-state index is 13.9. The van der Waals surface area contributed by atoms with Gasteiger partial charge in [0.1, 0.15) is 10.9 Å². The fourth-order valence-electron chi connectivity index (χ4n) is 4.71. The molecule has 0 bridgehead atoms. The highest BCUT2D eigenvalue weighted by molar-refractivity contribution is 7.15. The van der Waals surface area contributed by atoms with Crippen molar-refractivity contribution in [3.63, 3.8) is 0 Å². The minimum atomic E-state index is -1.13. The fraction of sp³-hybridized carbons (Fsp3) is 0.667. The molecular formula is C27H38N2O5S. The molecule has 35 heavy (non-hydrogen) atoms. The van der Waals surface area contributed by atoms with Crippen LogP contribution in [0.5, 0.6) is 0 Å². The number of hydrogen-bond acceptors (Lipinski definition) is 5. The highest BCUT2D eigenvalue weighted by Gasteiger charge is 2.38. The lowest BCUT2D eigenvalue weighted by molar-refractivity contribution is -0.136. The highest BCUT2D eigenvalue weighted by atomic mass is 32.1. The molecule has 1 saturated heterocycles. The minimum Gasteiger partial charge on any atom is -0.477 e. The van der Waals surface area contributed by atoms with Gasteiger partial charge in [-0.15, -0.1) is 11.3 Å². The largest absolute Gasteiger partial charge is 0.477 e. The Morgan fingerprint density at radius 1 is 1.11 bits per heavy atom. The molecule has 1 atom stereocenters. The van der Waals surface area contributed by atoms with Gasteiger partial charge < -0.3 is 15.1 Å². The molecule has 0 aromatic carbocycles. The third kappa shape index (κ3) is 6.86. The number of likely N-dealkylation sites (tertiary alicyclic amines) is 1. The van der Waals surface area contributed by atoms with Gasteiger partial charge >= 0.3 is 5.97 Å². The molecule has 0 radical (unpaired) electrons. The predicted octanol–water partition coefficient (Wildman–Crippen LogP) is 4.38. The first-order valence-electron chi connectivity index (χ1n) is 12.6. The zero-order valence-corrected chi connectivity index (χ0v) is 22.3. The Bertz CT molecular complexity index is 999. The van der Waals surface area contributed by atoms with Gasteiger partial charge in [-0.3, -0.25) is 14.5 Å². The Kier molecular flexibility index (Phi) is 8.66. The monoisotopic (exact) mass is 502 g/mol. The summed E-state index contributed by atoms with van der Waals surface area (Å²) in [6, 6.07) is 0.799. The van der Waals surface area contributed by atoms with Crippen LogP contribution in [-0.4, -0.2) is 58.1 Å². The molecule has 3 rings (SSSR count). The number of aliphatic hydroxyl groups is 1. The second-order valence-electron chi connectivity index (χ2n) is 11.0. The van der Waals surface area contributed by atoms with Crippen LogP contribution in [0.1, 0.15) is 87.7 Å². The van der Waals surface area contributed by atoms with Crippen molar-refractivity contribution in [2.24, 2.45) is 17.3 Å². The van der Waals surface area contributed by atoms with Crippen molar-refractivity contribution in [1.82, 2.24) is 4.90 Å². The lowest BCUT2D eigenvalue weighted by atomic mass is 9.82. The van der Waals surface area contributed by atoms with E-state index in [1.54, 1.807) is 17.9 Å². The van der Waals surface area contributed by atoms with Gasteiger partial charge in [0.05, 0.1) is 16.7 Å². The zero-order chi connectivity index (χ0) is 25.9. The van der Waals surface area contributed by atoms with Crippen LogP contribution in [0.2, 0.25) is 0 Å². The van der Waals surface area contributed by atoms with Crippen LogP contribution in [0, 0.1) is 29.1 Å². The molecular weight excluding hydrogens is 464 g/mol. The summed E-state index contributed by atoms with van der Waals surface area (Å²) in [5, 5.41) is 19.8. The SMILES string of the molecule is C[C@@H](C(=O)N1CCC(O)CC1)N(c1cc(C#CC(C)(C)C)sc1C(=O)O)C(=O)[C@H]1CC[C@H](C)CC1. The molecule has 192 valence electrons. The quantitative estimate of drug-likeness (QED) is 0.583. The van der Waals surface area contributed by atoms with Gasteiger partial charge in [0.15, 0.2) is 0 Å². The van der Waals surface area contributed by atoms with Crippen LogP contribution < -0.4 is 4.90 Å². The number of nitrogens with zero attached hydrogens (tertiary/aromatic N) is 2. The standard InChI is InChI=1S/C27H38N2O5S/c1-17-6-8-19(9-7-17)25(32)29(18(2)24(31)28-14-11-20(30)12-15-28)22-16-21(10-13-27(3,4)5)35-23(22)26(33)34/h16-20,30H,6-9,11-12,14-15H2,1-5H3,(H,33,34)/t17-,18-,19-/m0/s1. The Morgan fingerprint density at radius 3 is 2.26 bits per heavy atom. The molecule has 2 heterocycles. The number of amides is 2. The Balaban J connectivity index is 2.01. The number of rotatable bonds is 5. The number of anilines is 1. The number of carboxylic acid groups (broad SMARTS) is 1. The van der Waals surface area contributed by atoms with Crippen molar-refractivity contribution in [3.8, 4) is 11.8 Å². The summed E-state index contributed by atoms with van der Waals surface area (Å²) in [6.07, 6.45) is 3.92. The van der Waals surface area contributed by atoms with Crippen molar-refractivity contribution in [2.45, 2.75) is 85.3 Å². The van der Waals surface area contributed by atoms with Crippen LogP contribution in [-0.2, 0) is 9.59 Å². The summed E-state index contributed by atoms with van der Waals surface area (Å²) < 4.78 is 0. The van der Waals surface area contributed by atoms with E-state index < -0.39 is 18.1 Å². The fourth-order valence-corrected chi connectivity index (χ4v) is 5.55. The first-order chi connectivity index (χ1) is 16.4. The molecule has 2 aliphatic rings. The first-order valence-corrected chi connectivity index (χ1v) is 13.4. The van der Waals surface area contributed by atoms with Gasteiger partial charge in [0.2, 0.25) is 11.8 Å². The summed E-state index contributed by atoms with van der Waals surface area (Å²) in [5.74, 6) is 4.96. The topological polar surface area (TPSA) is 98.2 Å². The van der Waals surface area contributed by atoms with Gasteiger partial charge in [-0.1, -0.05) is 18.8 Å². The van der Waals surface area contributed by atoms with E-state index in [1.165, 1.54) is 4.90 Å². The maximum Gasteiger partial charge on any atom is 0.348 e. The van der Waals surface area contributed by atoms with Crippen LogP contribution >= 0.6 is 11.3 Å². The smallest absolute Gasteiger partial charge is 0.348 e. The van der Waals surface area contributed by atoms with E-state index in [-0.39, 0.29) is 33.7 Å². The van der Waals surface area contributed by atoms with Crippen LogP contribution in [0.4, 0.5) is 5.69 Å². The predicted molar refractivity (Wildman–Crippen MR) is 138 cm³/mol. The van der Waals surface area contributed by atoms with E-state index in [1.807, 2.05) is 20.8 Å². The lowest BCUT2D eigenvalue weighted by Crippen LogP contribution is -2.53. The molecule has 2 N–H and O–H groups in total. The molecule has 1 aliphatic carbocycles. The molecule has 2 amide bonds. The van der Waals surface area contributed by atoms with Crippen LogP contribution in [0.3, 0.4) is 0 Å². The highest BCUT2D eigenvalue weighted by Crippen LogP contribution is 2.36. The number of piperidine rings is 1. The summed E-state index contributed by atoms with van der Waals surface area (Å²) in [6.45, 7) is 10.6. The summed E-state index contributed by atoms with van der Waals surface area (Å²) in [5.41, 5.74) is -0.00794. The number of aromatic carboxylic acids is 1. The van der Waals surface area contributed by atoms with E-state index in [0.717, 1.165) is 37.0 Å². The molecule has 7 nitrogen and oxygen atoms in total. The molecule has 1 aromatic rings. The zero-order valence-electron chi connectivity index (χ0n) is 21.5. The van der Waals surface area contributed by atoms with Crippen LogP contribution in [0.25, 0.3) is 0 Å². The number of carboxylic acids is 1. The Labute approximate surface area is 212 Å². The molecule has 8 heteroatoms. The molecule has 1 saturated carbocycles. The summed E-state index contributed by atoms with van der Waals surface area (Å²) in [4.78, 5) is 43.3. The van der Waals surface area contributed by atoms with E-state index in [2.05, 4.69) is 18.8 Å². The molecule has 1 aromatic heterocycles. The van der Waals surface area contributed by atoms with E-state index in [9.17, 15) is 24.6 Å². The normalized spacial score (nSPS) is 22.2. The van der Waals surface area contributed by atoms with Crippen molar-refractivity contribution >= 4 is 34.8 Å². The van der Waals surface area contributed by atoms with Gasteiger partial charge in [-0.2, -0.15) is 0 Å². The van der Waals surface area contributed by atoms with E-state index >= 15 is 0 Å². The van der Waals surface area contributed by atoms with Crippen molar-refractivity contribution in [2.75, 3.05) is 18.0 Å². The number of aliphatic hydroxyl groups excluding tert-OH is 1. The second-order valence-corrected chi connectivity index (χ2v) is 12.1. The number of carbonyl (C=O) groups is 3. The van der Waals surface area contributed by atoms with Crippen molar-refractivity contribution < 1.29 is 24.6 Å². The van der Waals surface area contributed by atoms with Gasteiger partial charge in [-0.05, 0) is 78.2 Å². The first kappa shape index (κ1) is 27.2. The molecule has 2 fully saturated rings. The van der Waals surface area contributed by atoms with Gasteiger partial charge in [0, 0.05) is 24.4 Å². The van der Waals surface area contributed by atoms with E-state index in [4.69, 9.17) is 0 Å². The molecule has 1 aliphatic heterocycles. The Morgan fingerprint density at radius 2 is 1.71 bits per heavy atom. The van der Waals surface area contributed by atoms with E-state index in [0.29, 0.717) is 36.7 Å². The van der Waals surface area contributed by atoms with Gasteiger partial charge in [0.25, 0.3) is 0 Å². The average molecular weight is 503 g/mol. The second kappa shape index (κ2) is 11.1. The summed E-state index contributed by atoms with van der Waals surface area (Å²) >= 11 is 1.04. The van der Waals surface area contributed by atoms with Crippen LogP contribution in [0.15, 0.2) is 6.07 Å². The number of hydrogen-bond donors (Lipinski definition) is 2. The van der Waals surface area contributed by atoms with Crippen molar-refractivity contribution in [3.05, 3.63) is 15.8 Å². The summed E-state index contributed by atoms with van der Waals surface area (Å²) in [7, 11) is 0. The van der Waals surface area contributed by atoms with Gasteiger partial charge in [-0.25, -0.2) is 4.79 Å². The Hall–Kier alpha value is -2.37. The third-order valence-electron chi connectivity index (χ3n) is 6.85.